The molecule has 130 valence electrons. The van der Waals surface area contributed by atoms with Crippen molar-refractivity contribution < 1.29 is 9.53 Å². The Morgan fingerprint density at radius 2 is 1.88 bits per heavy atom. The molecule has 25 heavy (non-hydrogen) atoms. The van der Waals surface area contributed by atoms with Crippen LogP contribution in [0.15, 0.2) is 36.4 Å². The van der Waals surface area contributed by atoms with Crippen molar-refractivity contribution in [2.24, 2.45) is 0 Å². The van der Waals surface area contributed by atoms with Gasteiger partial charge in [0.15, 0.2) is 0 Å². The maximum atomic E-state index is 12.3. The standard InChI is InChI=1S/C21H24N2O2/c1-13-5-6-16(11-14(13)2)21(24)22-10-9-18-15(3)23-20-8-7-17(25-4)12-19(18)20/h5-8,11-12,23H,9-10H2,1-4H3,(H,22,24). The average Bonchev–Trinajstić information content (AvgIpc) is 2.92. The average molecular weight is 336 g/mol. The zero-order valence-electron chi connectivity index (χ0n) is 15.2. The molecule has 0 aliphatic rings. The molecule has 3 aromatic rings. The minimum atomic E-state index is -0.0295. The zero-order valence-corrected chi connectivity index (χ0v) is 15.2. The highest BCUT2D eigenvalue weighted by Crippen LogP contribution is 2.26. The van der Waals surface area contributed by atoms with Crippen LogP contribution in [-0.2, 0) is 6.42 Å². The van der Waals surface area contributed by atoms with Gasteiger partial charge < -0.3 is 15.0 Å². The van der Waals surface area contributed by atoms with Crippen molar-refractivity contribution in [2.75, 3.05) is 13.7 Å². The molecule has 0 aliphatic carbocycles. The van der Waals surface area contributed by atoms with E-state index in [1.807, 2.05) is 50.2 Å². The van der Waals surface area contributed by atoms with E-state index in [2.05, 4.69) is 17.2 Å². The summed E-state index contributed by atoms with van der Waals surface area (Å²) >= 11 is 0. The van der Waals surface area contributed by atoms with E-state index in [9.17, 15) is 4.79 Å². The third kappa shape index (κ3) is 3.53. The Kier molecular flexibility index (Phi) is 4.79. The zero-order chi connectivity index (χ0) is 18.0. The molecule has 1 heterocycles. The van der Waals surface area contributed by atoms with E-state index in [1.54, 1.807) is 7.11 Å². The van der Waals surface area contributed by atoms with Gasteiger partial charge in [-0.05, 0) is 74.2 Å². The summed E-state index contributed by atoms with van der Waals surface area (Å²) < 4.78 is 5.32. The minimum Gasteiger partial charge on any atom is -0.497 e. The summed E-state index contributed by atoms with van der Waals surface area (Å²) in [6.07, 6.45) is 0.773. The van der Waals surface area contributed by atoms with Gasteiger partial charge in [0.25, 0.3) is 5.91 Å². The second kappa shape index (κ2) is 7.01. The second-order valence-electron chi connectivity index (χ2n) is 6.45. The number of benzene rings is 2. The predicted molar refractivity (Wildman–Crippen MR) is 102 cm³/mol. The van der Waals surface area contributed by atoms with E-state index < -0.39 is 0 Å². The molecule has 2 N–H and O–H groups in total. The van der Waals surface area contributed by atoms with E-state index in [1.165, 1.54) is 11.1 Å². The molecule has 0 unspecified atom stereocenters. The predicted octanol–water partition coefficient (Wildman–Crippen LogP) is 4.07. The minimum absolute atomic E-state index is 0.0295. The highest BCUT2D eigenvalue weighted by Gasteiger charge is 2.11. The monoisotopic (exact) mass is 336 g/mol. The number of fused-ring (bicyclic) bond motifs is 1. The number of aryl methyl sites for hydroxylation is 3. The number of carbonyl (C=O) groups is 1. The lowest BCUT2D eigenvalue weighted by Gasteiger charge is -2.08. The SMILES string of the molecule is COc1ccc2[nH]c(C)c(CCNC(=O)c3ccc(C)c(C)c3)c2c1. The first-order valence-corrected chi connectivity index (χ1v) is 8.50. The van der Waals surface area contributed by atoms with Crippen molar-refractivity contribution in [3.05, 3.63) is 64.3 Å². The van der Waals surface area contributed by atoms with Gasteiger partial charge in [0.2, 0.25) is 0 Å². The van der Waals surface area contributed by atoms with Crippen LogP contribution in [0.25, 0.3) is 10.9 Å². The molecule has 2 aromatic carbocycles. The summed E-state index contributed by atoms with van der Waals surface area (Å²) in [5, 5.41) is 4.17. The van der Waals surface area contributed by atoms with Gasteiger partial charge in [-0.25, -0.2) is 0 Å². The Balaban J connectivity index is 1.71. The normalized spacial score (nSPS) is 10.9. The molecular weight excluding hydrogens is 312 g/mol. The molecule has 4 heteroatoms. The number of aromatic amines is 1. The van der Waals surface area contributed by atoms with Crippen molar-refractivity contribution in [1.29, 1.82) is 0 Å². The van der Waals surface area contributed by atoms with Crippen LogP contribution in [0.5, 0.6) is 5.75 Å². The van der Waals surface area contributed by atoms with E-state index >= 15 is 0 Å². The maximum Gasteiger partial charge on any atom is 0.251 e. The first-order valence-electron chi connectivity index (χ1n) is 8.50. The van der Waals surface area contributed by atoms with Gasteiger partial charge in [-0.3, -0.25) is 4.79 Å². The lowest BCUT2D eigenvalue weighted by atomic mass is 10.1. The molecule has 0 radical (unpaired) electrons. The second-order valence-corrected chi connectivity index (χ2v) is 6.45. The third-order valence-corrected chi connectivity index (χ3v) is 4.76. The number of H-pyrrole nitrogens is 1. The molecule has 0 bridgehead atoms. The smallest absolute Gasteiger partial charge is 0.251 e. The van der Waals surface area contributed by atoms with E-state index in [0.717, 1.165) is 34.3 Å². The molecule has 1 aromatic heterocycles. The molecule has 0 fully saturated rings. The maximum absolute atomic E-state index is 12.3. The number of ether oxygens (including phenoxy) is 1. The van der Waals surface area contributed by atoms with Crippen molar-refractivity contribution in [3.8, 4) is 5.75 Å². The van der Waals surface area contributed by atoms with Crippen molar-refractivity contribution >= 4 is 16.8 Å². The number of hydrogen-bond acceptors (Lipinski definition) is 2. The number of rotatable bonds is 5. The molecular formula is C21H24N2O2. The van der Waals surface area contributed by atoms with Gasteiger partial charge in [0.05, 0.1) is 7.11 Å². The largest absolute Gasteiger partial charge is 0.497 e. The van der Waals surface area contributed by atoms with E-state index in [0.29, 0.717) is 12.1 Å². The quantitative estimate of drug-likeness (QED) is 0.738. The van der Waals surface area contributed by atoms with Crippen molar-refractivity contribution in [3.63, 3.8) is 0 Å². The van der Waals surface area contributed by atoms with E-state index in [4.69, 9.17) is 4.74 Å². The first kappa shape index (κ1) is 17.1. The van der Waals surface area contributed by atoms with Crippen molar-refractivity contribution in [1.82, 2.24) is 10.3 Å². The molecule has 0 spiro atoms. The van der Waals surface area contributed by atoms with Crippen LogP contribution < -0.4 is 10.1 Å². The molecule has 0 saturated heterocycles. The van der Waals surface area contributed by atoms with Crippen LogP contribution >= 0.6 is 0 Å². The molecule has 0 atom stereocenters. The van der Waals surface area contributed by atoms with Gasteiger partial charge in [-0.15, -0.1) is 0 Å². The van der Waals surface area contributed by atoms with Gasteiger partial charge >= 0.3 is 0 Å². The molecule has 3 rings (SSSR count). The highest BCUT2D eigenvalue weighted by molar-refractivity contribution is 5.94. The van der Waals surface area contributed by atoms with Crippen LogP contribution in [0.3, 0.4) is 0 Å². The number of amides is 1. The Bertz CT molecular complexity index is 925. The third-order valence-electron chi connectivity index (χ3n) is 4.76. The van der Waals surface area contributed by atoms with Crippen molar-refractivity contribution in [2.45, 2.75) is 27.2 Å². The molecule has 0 saturated carbocycles. The fourth-order valence-corrected chi connectivity index (χ4v) is 3.10. The number of aromatic nitrogens is 1. The van der Waals surface area contributed by atoms with E-state index in [-0.39, 0.29) is 5.91 Å². The van der Waals surface area contributed by atoms with Gasteiger partial charge in [-0.1, -0.05) is 6.07 Å². The molecule has 1 amide bonds. The van der Waals surface area contributed by atoms with Crippen LogP contribution in [0.4, 0.5) is 0 Å². The summed E-state index contributed by atoms with van der Waals surface area (Å²) in [7, 11) is 1.67. The summed E-state index contributed by atoms with van der Waals surface area (Å²) in [6.45, 7) is 6.73. The summed E-state index contributed by atoms with van der Waals surface area (Å²) in [6, 6.07) is 11.8. The van der Waals surface area contributed by atoms with Gasteiger partial charge in [0, 0.05) is 28.7 Å². The summed E-state index contributed by atoms with van der Waals surface area (Å²) in [4.78, 5) is 15.7. The molecule has 4 nitrogen and oxygen atoms in total. The van der Waals surface area contributed by atoms with Crippen LogP contribution in [0.2, 0.25) is 0 Å². The Labute approximate surface area is 148 Å². The van der Waals surface area contributed by atoms with Gasteiger partial charge in [-0.2, -0.15) is 0 Å². The number of nitrogens with one attached hydrogen (secondary N) is 2. The fraction of sp³-hybridized carbons (Fsp3) is 0.286. The Morgan fingerprint density at radius 3 is 2.60 bits per heavy atom. The summed E-state index contributed by atoms with van der Waals surface area (Å²) in [5.74, 6) is 0.810. The lowest BCUT2D eigenvalue weighted by Crippen LogP contribution is -2.25. The first-order chi connectivity index (χ1) is 12.0. The summed E-state index contributed by atoms with van der Waals surface area (Å²) in [5.41, 5.74) is 6.47. The Hall–Kier alpha value is -2.75. The van der Waals surface area contributed by atoms with Crippen LogP contribution in [-0.4, -0.2) is 24.5 Å². The number of carbonyl (C=O) groups excluding carboxylic acids is 1. The van der Waals surface area contributed by atoms with Gasteiger partial charge in [0.1, 0.15) is 5.75 Å². The lowest BCUT2D eigenvalue weighted by molar-refractivity contribution is 0.0954. The number of hydrogen-bond donors (Lipinski definition) is 2. The highest BCUT2D eigenvalue weighted by atomic mass is 16.5. The van der Waals surface area contributed by atoms with Crippen LogP contribution in [0, 0.1) is 20.8 Å². The Morgan fingerprint density at radius 1 is 1.08 bits per heavy atom. The number of methoxy groups -OCH3 is 1. The fourth-order valence-electron chi connectivity index (χ4n) is 3.10. The molecule has 0 aliphatic heterocycles. The van der Waals surface area contributed by atoms with Crippen LogP contribution in [0.1, 0.15) is 32.7 Å². The topological polar surface area (TPSA) is 54.1 Å².